The molecule has 96 valence electrons. The molecule has 0 unspecified atom stereocenters. The maximum atomic E-state index is 11.6. The average Bonchev–Trinajstić information content (AvgIpc) is 3.08. The van der Waals surface area contributed by atoms with Crippen LogP contribution in [0.3, 0.4) is 0 Å². The SMILES string of the molecule is O=C(O)CNC(=O)NC1(c2ccccc2Cl)CC1. The van der Waals surface area contributed by atoms with Crippen LogP contribution >= 0.6 is 11.6 Å². The van der Waals surface area contributed by atoms with Gasteiger partial charge in [-0.15, -0.1) is 0 Å². The van der Waals surface area contributed by atoms with Gasteiger partial charge in [-0.2, -0.15) is 0 Å². The molecular formula is C12H13ClN2O3. The van der Waals surface area contributed by atoms with E-state index in [9.17, 15) is 9.59 Å². The van der Waals surface area contributed by atoms with E-state index in [0.717, 1.165) is 18.4 Å². The molecular weight excluding hydrogens is 256 g/mol. The number of benzene rings is 1. The molecule has 0 bridgehead atoms. The van der Waals surface area contributed by atoms with Crippen LogP contribution in [0, 0.1) is 0 Å². The lowest BCUT2D eigenvalue weighted by Gasteiger charge is -2.19. The fourth-order valence-electron chi connectivity index (χ4n) is 1.85. The molecule has 1 aliphatic carbocycles. The largest absolute Gasteiger partial charge is 0.480 e. The summed E-state index contributed by atoms with van der Waals surface area (Å²) in [5, 5.41) is 14.1. The first-order valence-electron chi connectivity index (χ1n) is 5.56. The van der Waals surface area contributed by atoms with E-state index in [4.69, 9.17) is 16.7 Å². The Kier molecular flexibility index (Phi) is 3.43. The molecule has 1 aromatic carbocycles. The molecule has 6 heteroatoms. The maximum Gasteiger partial charge on any atom is 0.323 e. The number of carboxylic acid groups (broad SMARTS) is 1. The number of hydrogen-bond donors (Lipinski definition) is 3. The molecule has 1 saturated carbocycles. The Morgan fingerprint density at radius 2 is 2.00 bits per heavy atom. The van der Waals surface area contributed by atoms with Crippen molar-refractivity contribution in [3.8, 4) is 0 Å². The number of carboxylic acids is 1. The van der Waals surface area contributed by atoms with Gasteiger partial charge in [0.15, 0.2) is 0 Å². The van der Waals surface area contributed by atoms with Gasteiger partial charge in [-0.05, 0) is 24.5 Å². The molecule has 1 aromatic rings. The molecule has 1 aliphatic rings. The zero-order valence-electron chi connectivity index (χ0n) is 9.57. The molecule has 0 spiro atoms. The Hall–Kier alpha value is -1.75. The van der Waals surface area contributed by atoms with Crippen LogP contribution < -0.4 is 10.6 Å². The van der Waals surface area contributed by atoms with Crippen LogP contribution in [-0.4, -0.2) is 23.7 Å². The van der Waals surface area contributed by atoms with E-state index in [1.165, 1.54) is 0 Å². The van der Waals surface area contributed by atoms with Crippen LogP contribution in [-0.2, 0) is 10.3 Å². The molecule has 3 N–H and O–H groups in total. The first-order chi connectivity index (χ1) is 8.53. The highest BCUT2D eigenvalue weighted by Gasteiger charge is 2.46. The minimum atomic E-state index is -1.08. The second kappa shape index (κ2) is 4.86. The summed E-state index contributed by atoms with van der Waals surface area (Å²) in [7, 11) is 0. The third kappa shape index (κ3) is 2.73. The lowest BCUT2D eigenvalue weighted by molar-refractivity contribution is -0.135. The summed E-state index contributed by atoms with van der Waals surface area (Å²) in [5.74, 6) is -1.08. The zero-order chi connectivity index (χ0) is 13.2. The molecule has 0 aliphatic heterocycles. The number of carbonyl (C=O) groups excluding carboxylic acids is 1. The lowest BCUT2D eigenvalue weighted by Crippen LogP contribution is -2.44. The summed E-state index contributed by atoms with van der Waals surface area (Å²) in [5.41, 5.74) is 0.429. The summed E-state index contributed by atoms with van der Waals surface area (Å²) in [4.78, 5) is 21.9. The molecule has 1 fully saturated rings. The van der Waals surface area contributed by atoms with Crippen LogP contribution in [0.15, 0.2) is 24.3 Å². The van der Waals surface area contributed by atoms with Crippen molar-refractivity contribution in [2.75, 3.05) is 6.54 Å². The molecule has 0 saturated heterocycles. The molecule has 5 nitrogen and oxygen atoms in total. The van der Waals surface area contributed by atoms with Gasteiger partial charge in [0.1, 0.15) is 6.54 Å². The van der Waals surface area contributed by atoms with E-state index >= 15 is 0 Å². The first kappa shape index (κ1) is 12.7. The highest BCUT2D eigenvalue weighted by atomic mass is 35.5. The van der Waals surface area contributed by atoms with Gasteiger partial charge in [0.05, 0.1) is 5.54 Å². The lowest BCUT2D eigenvalue weighted by atomic mass is 10.1. The van der Waals surface area contributed by atoms with Gasteiger partial charge < -0.3 is 15.7 Å². The monoisotopic (exact) mass is 268 g/mol. The van der Waals surface area contributed by atoms with E-state index in [0.29, 0.717) is 5.02 Å². The van der Waals surface area contributed by atoms with E-state index in [-0.39, 0.29) is 0 Å². The van der Waals surface area contributed by atoms with E-state index < -0.39 is 24.1 Å². The summed E-state index contributed by atoms with van der Waals surface area (Å²) in [6.45, 7) is -0.398. The van der Waals surface area contributed by atoms with E-state index in [2.05, 4.69) is 10.6 Å². The van der Waals surface area contributed by atoms with Crippen molar-refractivity contribution in [2.24, 2.45) is 0 Å². The summed E-state index contributed by atoms with van der Waals surface area (Å²) in [6, 6.07) is 6.83. The molecule has 0 heterocycles. The second-order valence-corrected chi connectivity index (χ2v) is 4.67. The van der Waals surface area contributed by atoms with Gasteiger partial charge in [0.2, 0.25) is 0 Å². The van der Waals surface area contributed by atoms with Crippen LogP contribution in [0.1, 0.15) is 18.4 Å². The molecule has 0 radical (unpaired) electrons. The van der Waals surface area contributed by atoms with Crippen LogP contribution in [0.5, 0.6) is 0 Å². The Balaban J connectivity index is 2.03. The molecule has 18 heavy (non-hydrogen) atoms. The fourth-order valence-corrected chi connectivity index (χ4v) is 2.17. The molecule has 2 amide bonds. The second-order valence-electron chi connectivity index (χ2n) is 4.26. The summed E-state index contributed by atoms with van der Waals surface area (Å²) in [6.07, 6.45) is 1.61. The van der Waals surface area contributed by atoms with Crippen LogP contribution in [0.2, 0.25) is 5.02 Å². The number of aliphatic carboxylic acids is 1. The predicted molar refractivity (Wildman–Crippen MR) is 66.5 cm³/mol. The van der Waals surface area contributed by atoms with Crippen molar-refractivity contribution in [1.82, 2.24) is 10.6 Å². The maximum absolute atomic E-state index is 11.6. The minimum Gasteiger partial charge on any atom is -0.480 e. The van der Waals surface area contributed by atoms with E-state index in [1.807, 2.05) is 18.2 Å². The highest BCUT2D eigenvalue weighted by molar-refractivity contribution is 6.31. The highest BCUT2D eigenvalue weighted by Crippen LogP contribution is 2.47. The number of urea groups is 1. The Morgan fingerprint density at radius 1 is 1.33 bits per heavy atom. The van der Waals surface area contributed by atoms with Gasteiger partial charge in [0.25, 0.3) is 0 Å². The van der Waals surface area contributed by atoms with Crippen molar-refractivity contribution >= 4 is 23.6 Å². The number of carbonyl (C=O) groups is 2. The molecule has 0 atom stereocenters. The third-order valence-corrected chi connectivity index (χ3v) is 3.22. The first-order valence-corrected chi connectivity index (χ1v) is 5.94. The zero-order valence-corrected chi connectivity index (χ0v) is 10.3. The normalized spacial score (nSPS) is 15.8. The number of halogens is 1. The van der Waals surface area contributed by atoms with Gasteiger partial charge in [-0.25, -0.2) is 4.79 Å². The molecule has 0 aromatic heterocycles. The number of amides is 2. The Labute approximate surface area is 109 Å². The number of rotatable bonds is 4. The topological polar surface area (TPSA) is 78.4 Å². The summed E-state index contributed by atoms with van der Waals surface area (Å²) >= 11 is 6.09. The van der Waals surface area contributed by atoms with Crippen LogP contribution in [0.4, 0.5) is 4.79 Å². The van der Waals surface area contributed by atoms with E-state index in [1.54, 1.807) is 6.07 Å². The van der Waals surface area contributed by atoms with Crippen molar-refractivity contribution in [2.45, 2.75) is 18.4 Å². The third-order valence-electron chi connectivity index (χ3n) is 2.89. The van der Waals surface area contributed by atoms with Crippen molar-refractivity contribution in [1.29, 1.82) is 0 Å². The standard InChI is InChI=1S/C12H13ClN2O3/c13-9-4-2-1-3-8(9)12(5-6-12)15-11(18)14-7-10(16)17/h1-4H,5-7H2,(H,16,17)(H2,14,15,18). The average molecular weight is 269 g/mol. The van der Waals surface area contributed by atoms with Gasteiger partial charge >= 0.3 is 12.0 Å². The van der Waals surface area contributed by atoms with Crippen molar-refractivity contribution < 1.29 is 14.7 Å². The quantitative estimate of drug-likeness (QED) is 0.778. The number of nitrogens with one attached hydrogen (secondary N) is 2. The molecule has 2 rings (SSSR count). The van der Waals surface area contributed by atoms with Gasteiger partial charge in [-0.1, -0.05) is 29.8 Å². The minimum absolute atomic E-state index is 0.398. The predicted octanol–water partition coefficient (Wildman–Crippen LogP) is 1.71. The van der Waals surface area contributed by atoms with Crippen LogP contribution in [0.25, 0.3) is 0 Å². The van der Waals surface area contributed by atoms with Crippen molar-refractivity contribution in [3.05, 3.63) is 34.9 Å². The fraction of sp³-hybridized carbons (Fsp3) is 0.333. The Bertz CT molecular complexity index is 486. The Morgan fingerprint density at radius 3 is 2.56 bits per heavy atom. The van der Waals surface area contributed by atoms with Crippen molar-refractivity contribution in [3.63, 3.8) is 0 Å². The van der Waals surface area contributed by atoms with Gasteiger partial charge in [-0.3, -0.25) is 4.79 Å². The van der Waals surface area contributed by atoms with Gasteiger partial charge in [0, 0.05) is 5.02 Å². The number of hydrogen-bond acceptors (Lipinski definition) is 2. The summed E-state index contributed by atoms with van der Waals surface area (Å²) < 4.78 is 0. The smallest absolute Gasteiger partial charge is 0.323 e.